The molecule has 0 saturated heterocycles. The molecular formula is C14H16BrFN4. The van der Waals surface area contributed by atoms with Crippen molar-refractivity contribution in [2.75, 3.05) is 23.8 Å². The lowest BCUT2D eigenvalue weighted by Gasteiger charge is -2.19. The van der Waals surface area contributed by atoms with E-state index >= 15 is 0 Å². The Kier molecular flexibility index (Phi) is 4.89. The van der Waals surface area contributed by atoms with Gasteiger partial charge in [-0.25, -0.2) is 14.4 Å². The van der Waals surface area contributed by atoms with Gasteiger partial charge in [0.15, 0.2) is 0 Å². The molecule has 0 unspecified atom stereocenters. The van der Waals surface area contributed by atoms with Crippen molar-refractivity contribution in [1.29, 1.82) is 0 Å². The zero-order valence-corrected chi connectivity index (χ0v) is 13.0. The van der Waals surface area contributed by atoms with Crippen molar-refractivity contribution in [3.05, 3.63) is 46.4 Å². The van der Waals surface area contributed by atoms with Crippen LogP contribution in [-0.4, -0.2) is 23.6 Å². The predicted molar refractivity (Wildman–Crippen MR) is 82.4 cm³/mol. The van der Waals surface area contributed by atoms with Crippen LogP contribution < -0.4 is 10.2 Å². The highest BCUT2D eigenvalue weighted by Crippen LogP contribution is 2.20. The summed E-state index contributed by atoms with van der Waals surface area (Å²) in [6.07, 6.45) is 1.50. The summed E-state index contributed by atoms with van der Waals surface area (Å²) < 4.78 is 14.6. The molecule has 0 aliphatic carbocycles. The van der Waals surface area contributed by atoms with E-state index < -0.39 is 0 Å². The highest BCUT2D eigenvalue weighted by atomic mass is 79.9. The molecule has 0 radical (unpaired) electrons. The highest BCUT2D eigenvalue weighted by molar-refractivity contribution is 9.10. The number of aromatic nitrogens is 2. The molecule has 0 aliphatic heterocycles. The van der Waals surface area contributed by atoms with Gasteiger partial charge in [0.1, 0.15) is 23.8 Å². The van der Waals surface area contributed by atoms with Gasteiger partial charge >= 0.3 is 0 Å². The lowest BCUT2D eigenvalue weighted by atomic mass is 10.2. The molecule has 106 valence electrons. The van der Waals surface area contributed by atoms with Crippen molar-refractivity contribution in [2.24, 2.45) is 0 Å². The number of hydrogen-bond donors (Lipinski definition) is 1. The quantitative estimate of drug-likeness (QED) is 0.906. The lowest BCUT2D eigenvalue weighted by Crippen LogP contribution is -2.19. The van der Waals surface area contributed by atoms with Crippen LogP contribution in [0.1, 0.15) is 12.5 Å². The van der Waals surface area contributed by atoms with E-state index in [-0.39, 0.29) is 5.82 Å². The van der Waals surface area contributed by atoms with Gasteiger partial charge in [-0.1, -0.05) is 15.9 Å². The lowest BCUT2D eigenvalue weighted by molar-refractivity contribution is 0.607. The molecular weight excluding hydrogens is 323 g/mol. The summed E-state index contributed by atoms with van der Waals surface area (Å²) in [6, 6.07) is 6.77. The highest BCUT2D eigenvalue weighted by Gasteiger charge is 2.09. The Hall–Kier alpha value is -1.69. The van der Waals surface area contributed by atoms with E-state index in [0.29, 0.717) is 12.1 Å². The van der Waals surface area contributed by atoms with Crippen LogP contribution in [0, 0.1) is 5.82 Å². The number of halogens is 2. The van der Waals surface area contributed by atoms with Gasteiger partial charge in [-0.05, 0) is 25.1 Å². The predicted octanol–water partition coefficient (Wildman–Crippen LogP) is 3.45. The Morgan fingerprint density at radius 3 is 2.85 bits per heavy atom. The van der Waals surface area contributed by atoms with E-state index in [0.717, 1.165) is 22.7 Å². The van der Waals surface area contributed by atoms with Crippen LogP contribution in [-0.2, 0) is 6.54 Å². The maximum Gasteiger partial charge on any atom is 0.134 e. The summed E-state index contributed by atoms with van der Waals surface area (Å²) in [6.45, 7) is 3.23. The van der Waals surface area contributed by atoms with E-state index in [4.69, 9.17) is 0 Å². The topological polar surface area (TPSA) is 41.0 Å². The van der Waals surface area contributed by atoms with E-state index in [2.05, 4.69) is 31.2 Å². The smallest absolute Gasteiger partial charge is 0.134 e. The summed E-state index contributed by atoms with van der Waals surface area (Å²) in [5, 5.41) is 3.13. The summed E-state index contributed by atoms with van der Waals surface area (Å²) in [5.74, 6) is 1.29. The monoisotopic (exact) mass is 338 g/mol. The molecule has 6 heteroatoms. The van der Waals surface area contributed by atoms with E-state index in [9.17, 15) is 4.39 Å². The maximum atomic E-state index is 13.8. The second-order valence-electron chi connectivity index (χ2n) is 4.38. The Labute approximate surface area is 126 Å². The summed E-state index contributed by atoms with van der Waals surface area (Å²) >= 11 is 3.35. The minimum atomic E-state index is -0.221. The third-order valence-electron chi connectivity index (χ3n) is 2.82. The Balaban J connectivity index is 2.17. The number of benzene rings is 1. The van der Waals surface area contributed by atoms with Crippen molar-refractivity contribution < 1.29 is 4.39 Å². The summed E-state index contributed by atoms with van der Waals surface area (Å²) in [5.41, 5.74) is 0.616. The minimum absolute atomic E-state index is 0.221. The van der Waals surface area contributed by atoms with Crippen molar-refractivity contribution in [2.45, 2.75) is 13.5 Å². The third kappa shape index (κ3) is 3.66. The van der Waals surface area contributed by atoms with Crippen molar-refractivity contribution in [3.63, 3.8) is 0 Å². The first-order chi connectivity index (χ1) is 9.60. The maximum absolute atomic E-state index is 13.8. The van der Waals surface area contributed by atoms with Crippen LogP contribution in [0.25, 0.3) is 0 Å². The average Bonchev–Trinajstić information content (AvgIpc) is 2.43. The third-order valence-corrected chi connectivity index (χ3v) is 3.31. The molecule has 1 heterocycles. The van der Waals surface area contributed by atoms with Gasteiger partial charge in [0.2, 0.25) is 0 Å². The van der Waals surface area contributed by atoms with Crippen LogP contribution in [0.5, 0.6) is 0 Å². The van der Waals surface area contributed by atoms with Crippen LogP contribution >= 0.6 is 15.9 Å². The fraction of sp³-hybridized carbons (Fsp3) is 0.286. The van der Waals surface area contributed by atoms with Gasteiger partial charge < -0.3 is 10.2 Å². The van der Waals surface area contributed by atoms with Crippen molar-refractivity contribution in [1.82, 2.24) is 9.97 Å². The van der Waals surface area contributed by atoms with Gasteiger partial charge in [-0.2, -0.15) is 0 Å². The summed E-state index contributed by atoms with van der Waals surface area (Å²) in [4.78, 5) is 10.2. The number of rotatable bonds is 5. The molecule has 2 aromatic rings. The van der Waals surface area contributed by atoms with Gasteiger partial charge in [-0.3, -0.25) is 0 Å². The average molecular weight is 339 g/mol. The largest absolute Gasteiger partial charge is 0.370 e. The van der Waals surface area contributed by atoms with Crippen molar-refractivity contribution in [3.8, 4) is 0 Å². The molecule has 20 heavy (non-hydrogen) atoms. The molecule has 0 bridgehead atoms. The molecule has 0 saturated carbocycles. The Morgan fingerprint density at radius 1 is 1.30 bits per heavy atom. The second kappa shape index (κ2) is 6.65. The van der Waals surface area contributed by atoms with Gasteiger partial charge in [-0.15, -0.1) is 0 Å². The molecule has 0 spiro atoms. The Bertz CT molecular complexity index is 591. The Morgan fingerprint density at radius 2 is 2.10 bits per heavy atom. The number of nitrogens with zero attached hydrogens (tertiary/aromatic N) is 3. The minimum Gasteiger partial charge on any atom is -0.370 e. The van der Waals surface area contributed by atoms with E-state index in [1.54, 1.807) is 12.1 Å². The zero-order chi connectivity index (χ0) is 14.5. The van der Waals surface area contributed by atoms with Crippen LogP contribution in [0.2, 0.25) is 0 Å². The first-order valence-electron chi connectivity index (χ1n) is 6.31. The van der Waals surface area contributed by atoms with Crippen molar-refractivity contribution >= 4 is 27.6 Å². The molecule has 1 aromatic carbocycles. The molecule has 0 aliphatic rings. The van der Waals surface area contributed by atoms with E-state index in [1.807, 2.05) is 24.9 Å². The first-order valence-corrected chi connectivity index (χ1v) is 7.10. The number of nitrogens with one attached hydrogen (secondary N) is 1. The zero-order valence-electron chi connectivity index (χ0n) is 11.4. The second-order valence-corrected chi connectivity index (χ2v) is 5.30. The number of anilines is 2. The molecule has 2 rings (SSSR count). The molecule has 0 atom stereocenters. The standard InChI is InChI=1S/C14H16BrFN4/c1-3-17-13-7-14(19-9-18-13)20(2)8-10-6-11(15)4-5-12(10)16/h4-7,9H,3,8H2,1-2H3,(H,17,18,19). The van der Waals surface area contributed by atoms with Crippen LogP contribution in [0.15, 0.2) is 35.1 Å². The molecule has 1 aromatic heterocycles. The van der Waals surface area contributed by atoms with Gasteiger partial charge in [0.05, 0.1) is 0 Å². The molecule has 4 nitrogen and oxygen atoms in total. The fourth-order valence-electron chi connectivity index (χ4n) is 1.83. The molecule has 0 amide bonds. The van der Waals surface area contributed by atoms with Crippen LogP contribution in [0.3, 0.4) is 0 Å². The molecule has 1 N–H and O–H groups in total. The summed E-state index contributed by atoms with van der Waals surface area (Å²) in [7, 11) is 1.87. The number of hydrogen-bond acceptors (Lipinski definition) is 4. The van der Waals surface area contributed by atoms with E-state index in [1.165, 1.54) is 12.4 Å². The van der Waals surface area contributed by atoms with Gasteiger partial charge in [0.25, 0.3) is 0 Å². The molecule has 0 fully saturated rings. The SMILES string of the molecule is CCNc1cc(N(C)Cc2cc(Br)ccc2F)ncn1. The van der Waals surface area contributed by atoms with Gasteiger partial charge in [0, 0.05) is 36.2 Å². The normalized spacial score (nSPS) is 10.4. The first kappa shape index (κ1) is 14.7. The fourth-order valence-corrected chi connectivity index (χ4v) is 2.24. The van der Waals surface area contributed by atoms with Crippen LogP contribution in [0.4, 0.5) is 16.0 Å².